The van der Waals surface area contributed by atoms with Crippen LogP contribution in [-0.2, 0) is 0 Å². The van der Waals surface area contributed by atoms with Gasteiger partial charge < -0.3 is 16.0 Å². The predicted octanol–water partition coefficient (Wildman–Crippen LogP) is 1.57. The monoisotopic (exact) mass is 264 g/mol. The molecule has 5 heteroatoms. The van der Waals surface area contributed by atoms with Crippen molar-refractivity contribution in [3.8, 4) is 0 Å². The smallest absolute Gasteiger partial charge is 0.272 e. The molecule has 0 spiro atoms. The van der Waals surface area contributed by atoms with Crippen molar-refractivity contribution in [2.45, 2.75) is 20.8 Å². The van der Waals surface area contributed by atoms with Gasteiger partial charge in [-0.3, -0.25) is 9.78 Å². The van der Waals surface area contributed by atoms with Gasteiger partial charge in [0.05, 0.1) is 0 Å². The van der Waals surface area contributed by atoms with Crippen LogP contribution in [0.4, 0.5) is 5.69 Å². The average molecular weight is 264 g/mol. The highest BCUT2D eigenvalue weighted by Crippen LogP contribution is 2.10. The van der Waals surface area contributed by atoms with E-state index in [1.54, 1.807) is 17.2 Å². The zero-order valence-corrected chi connectivity index (χ0v) is 12.0. The van der Waals surface area contributed by atoms with Crippen LogP contribution in [-0.4, -0.2) is 42.0 Å². The highest BCUT2D eigenvalue weighted by atomic mass is 16.2. The third-order valence-electron chi connectivity index (χ3n) is 3.09. The van der Waals surface area contributed by atoms with Gasteiger partial charge in [0.25, 0.3) is 5.91 Å². The summed E-state index contributed by atoms with van der Waals surface area (Å²) < 4.78 is 0. The van der Waals surface area contributed by atoms with Gasteiger partial charge in [-0.2, -0.15) is 0 Å². The lowest BCUT2D eigenvalue weighted by molar-refractivity contribution is 0.0767. The van der Waals surface area contributed by atoms with Crippen LogP contribution in [0.1, 0.15) is 31.3 Å². The number of hydrogen-bond donors (Lipinski definition) is 2. The van der Waals surface area contributed by atoms with Gasteiger partial charge in [0.1, 0.15) is 5.69 Å². The lowest BCUT2D eigenvalue weighted by atomic mass is 10.2. The molecular formula is C14H24N4O. The van der Waals surface area contributed by atoms with Crippen LogP contribution in [0.5, 0.6) is 0 Å². The Hall–Kier alpha value is -1.62. The van der Waals surface area contributed by atoms with E-state index in [1.807, 2.05) is 19.9 Å². The van der Waals surface area contributed by atoms with E-state index in [9.17, 15) is 4.79 Å². The molecule has 106 valence electrons. The van der Waals surface area contributed by atoms with Crippen LogP contribution in [0.15, 0.2) is 18.3 Å². The van der Waals surface area contributed by atoms with E-state index >= 15 is 0 Å². The molecule has 0 bridgehead atoms. The Labute approximate surface area is 115 Å². The molecule has 3 N–H and O–H groups in total. The van der Waals surface area contributed by atoms with Crippen molar-refractivity contribution >= 4 is 11.6 Å². The average Bonchev–Trinajstić information content (AvgIpc) is 2.46. The molecule has 19 heavy (non-hydrogen) atoms. The number of nitrogens with one attached hydrogen (secondary N) is 1. The van der Waals surface area contributed by atoms with Gasteiger partial charge in [0, 0.05) is 31.5 Å². The van der Waals surface area contributed by atoms with Gasteiger partial charge in [-0.1, -0.05) is 6.92 Å². The summed E-state index contributed by atoms with van der Waals surface area (Å²) in [7, 11) is 0. The Morgan fingerprint density at radius 2 is 2.16 bits per heavy atom. The summed E-state index contributed by atoms with van der Waals surface area (Å²) >= 11 is 0. The first kappa shape index (κ1) is 15.4. The van der Waals surface area contributed by atoms with E-state index in [0.29, 0.717) is 31.2 Å². The first-order valence-corrected chi connectivity index (χ1v) is 6.81. The first-order valence-electron chi connectivity index (χ1n) is 6.81. The molecule has 0 radical (unpaired) electrons. The molecule has 1 rings (SSSR count). The number of carbonyl (C=O) groups excluding carboxylic acids is 1. The van der Waals surface area contributed by atoms with Gasteiger partial charge in [-0.05, 0) is 38.4 Å². The van der Waals surface area contributed by atoms with Gasteiger partial charge in [0.2, 0.25) is 0 Å². The van der Waals surface area contributed by atoms with Crippen molar-refractivity contribution in [3.63, 3.8) is 0 Å². The van der Waals surface area contributed by atoms with E-state index < -0.39 is 0 Å². The Morgan fingerprint density at radius 3 is 2.74 bits per heavy atom. The van der Waals surface area contributed by atoms with Crippen LogP contribution in [0.3, 0.4) is 0 Å². The minimum atomic E-state index is -0.0273. The molecule has 5 nitrogen and oxygen atoms in total. The molecule has 1 heterocycles. The molecule has 0 aliphatic heterocycles. The number of hydrogen-bond acceptors (Lipinski definition) is 4. The third-order valence-corrected chi connectivity index (χ3v) is 3.09. The van der Waals surface area contributed by atoms with E-state index in [2.05, 4.69) is 17.2 Å². The van der Waals surface area contributed by atoms with Crippen molar-refractivity contribution in [2.75, 3.05) is 31.5 Å². The molecule has 0 fully saturated rings. The second-order valence-electron chi connectivity index (χ2n) is 4.63. The molecule has 1 aromatic rings. The third kappa shape index (κ3) is 4.52. The van der Waals surface area contributed by atoms with E-state index in [4.69, 9.17) is 5.73 Å². The summed E-state index contributed by atoms with van der Waals surface area (Å²) in [5.74, 6) is 0.371. The number of nitrogens with zero attached hydrogens (tertiary/aromatic N) is 2. The van der Waals surface area contributed by atoms with Gasteiger partial charge in [-0.25, -0.2) is 0 Å². The van der Waals surface area contributed by atoms with Crippen LogP contribution in [0.25, 0.3) is 0 Å². The quantitative estimate of drug-likeness (QED) is 0.784. The number of amides is 1. The molecule has 1 atom stereocenters. The van der Waals surface area contributed by atoms with Crippen LogP contribution in [0.2, 0.25) is 0 Å². The number of carbonyl (C=O) groups is 1. The molecule has 1 amide bonds. The van der Waals surface area contributed by atoms with E-state index in [1.165, 1.54) is 0 Å². The molecule has 0 saturated carbocycles. The van der Waals surface area contributed by atoms with E-state index in [0.717, 1.165) is 12.2 Å². The lowest BCUT2D eigenvalue weighted by Crippen LogP contribution is -2.31. The van der Waals surface area contributed by atoms with Crippen LogP contribution >= 0.6 is 0 Å². The SMILES string of the molecule is CCN(CC)C(=O)c1cc(NCC(C)CN)ccn1. The standard InChI is InChI=1S/C14H24N4O/c1-4-18(5-2)14(19)13-8-12(6-7-16-13)17-10-11(3)9-15/h6-8,11H,4-5,9-10,15H2,1-3H3,(H,16,17). The molecule has 0 aromatic carbocycles. The fraction of sp³-hybridized carbons (Fsp3) is 0.571. The predicted molar refractivity (Wildman–Crippen MR) is 78.2 cm³/mol. The number of rotatable bonds is 7. The normalized spacial score (nSPS) is 12.0. The Bertz CT molecular complexity index is 404. The molecule has 0 aliphatic rings. The minimum absolute atomic E-state index is 0.0273. The molecule has 0 saturated heterocycles. The number of aromatic nitrogens is 1. The number of pyridine rings is 1. The maximum absolute atomic E-state index is 12.2. The fourth-order valence-corrected chi connectivity index (χ4v) is 1.71. The Balaban J connectivity index is 2.73. The second kappa shape index (κ2) is 7.74. The number of anilines is 1. The Morgan fingerprint density at radius 1 is 1.47 bits per heavy atom. The fourth-order valence-electron chi connectivity index (χ4n) is 1.71. The Kier molecular flexibility index (Phi) is 6.29. The van der Waals surface area contributed by atoms with Crippen molar-refractivity contribution in [3.05, 3.63) is 24.0 Å². The lowest BCUT2D eigenvalue weighted by Gasteiger charge is -2.18. The van der Waals surface area contributed by atoms with Crippen molar-refractivity contribution < 1.29 is 4.79 Å². The zero-order valence-electron chi connectivity index (χ0n) is 12.0. The summed E-state index contributed by atoms with van der Waals surface area (Å²) in [5.41, 5.74) is 6.97. The second-order valence-corrected chi connectivity index (χ2v) is 4.63. The molecule has 1 unspecified atom stereocenters. The summed E-state index contributed by atoms with van der Waals surface area (Å²) in [4.78, 5) is 18.1. The topological polar surface area (TPSA) is 71.2 Å². The highest BCUT2D eigenvalue weighted by molar-refractivity contribution is 5.93. The van der Waals surface area contributed by atoms with Crippen LogP contribution < -0.4 is 11.1 Å². The van der Waals surface area contributed by atoms with Crippen molar-refractivity contribution in [2.24, 2.45) is 11.7 Å². The van der Waals surface area contributed by atoms with Gasteiger partial charge in [0.15, 0.2) is 0 Å². The zero-order chi connectivity index (χ0) is 14.3. The highest BCUT2D eigenvalue weighted by Gasteiger charge is 2.14. The summed E-state index contributed by atoms with van der Waals surface area (Å²) in [5, 5.41) is 3.27. The molecule has 0 aliphatic carbocycles. The van der Waals surface area contributed by atoms with E-state index in [-0.39, 0.29) is 5.91 Å². The molecule has 1 aromatic heterocycles. The van der Waals surface area contributed by atoms with Crippen molar-refractivity contribution in [1.29, 1.82) is 0 Å². The molecular weight excluding hydrogens is 240 g/mol. The summed E-state index contributed by atoms with van der Waals surface area (Å²) in [6.45, 7) is 8.83. The number of nitrogens with two attached hydrogens (primary N) is 1. The van der Waals surface area contributed by atoms with Crippen LogP contribution in [0, 0.1) is 5.92 Å². The largest absolute Gasteiger partial charge is 0.385 e. The maximum atomic E-state index is 12.2. The maximum Gasteiger partial charge on any atom is 0.272 e. The minimum Gasteiger partial charge on any atom is -0.385 e. The first-order chi connectivity index (χ1) is 9.12. The summed E-state index contributed by atoms with van der Waals surface area (Å²) in [6.07, 6.45) is 1.66. The van der Waals surface area contributed by atoms with Crippen molar-refractivity contribution in [1.82, 2.24) is 9.88 Å². The van der Waals surface area contributed by atoms with Gasteiger partial charge >= 0.3 is 0 Å². The van der Waals surface area contributed by atoms with Gasteiger partial charge in [-0.15, -0.1) is 0 Å². The summed E-state index contributed by atoms with van der Waals surface area (Å²) in [6, 6.07) is 3.66.